The van der Waals surface area contributed by atoms with Gasteiger partial charge >= 0.3 is 11.9 Å². The topological polar surface area (TPSA) is 107 Å². The fraction of sp³-hybridized carbons (Fsp3) is 0.133. The van der Waals surface area contributed by atoms with Gasteiger partial charge in [-0.2, -0.15) is 5.26 Å². The van der Waals surface area contributed by atoms with Gasteiger partial charge in [0.1, 0.15) is 6.07 Å². The molecule has 24 heavy (non-hydrogen) atoms. The van der Waals surface area contributed by atoms with Crippen molar-refractivity contribution in [3.63, 3.8) is 0 Å². The van der Waals surface area contributed by atoms with Gasteiger partial charge in [0.15, 0.2) is 5.69 Å². The second kappa shape index (κ2) is 6.83. The number of benzene rings is 1. The molecule has 7 nitrogen and oxygen atoms in total. The maximum atomic E-state index is 12.0. The SMILES string of the molecule is COC(=O)c1ccc(Cl)c(-n2cc(C#N)c(N)c2C(=O)OC)c1Cl. The van der Waals surface area contributed by atoms with E-state index in [9.17, 15) is 9.59 Å². The number of carbonyl (C=O) groups is 2. The molecule has 0 radical (unpaired) electrons. The van der Waals surface area contributed by atoms with Gasteiger partial charge in [0, 0.05) is 6.20 Å². The average molecular weight is 368 g/mol. The molecule has 0 spiro atoms. The maximum Gasteiger partial charge on any atom is 0.357 e. The van der Waals surface area contributed by atoms with Gasteiger partial charge in [0.05, 0.1) is 46.8 Å². The molecule has 124 valence electrons. The average Bonchev–Trinajstić information content (AvgIpc) is 2.90. The summed E-state index contributed by atoms with van der Waals surface area (Å²) in [6, 6.07) is 4.66. The van der Waals surface area contributed by atoms with Crippen molar-refractivity contribution in [3.05, 3.63) is 45.2 Å². The second-order valence-corrected chi connectivity index (χ2v) is 5.31. The van der Waals surface area contributed by atoms with Gasteiger partial charge in [-0.1, -0.05) is 23.2 Å². The van der Waals surface area contributed by atoms with E-state index >= 15 is 0 Å². The van der Waals surface area contributed by atoms with E-state index in [1.54, 1.807) is 0 Å². The number of carbonyl (C=O) groups excluding carboxylic acids is 2. The fourth-order valence-corrected chi connectivity index (χ4v) is 2.75. The van der Waals surface area contributed by atoms with Gasteiger partial charge in [-0.25, -0.2) is 9.59 Å². The summed E-state index contributed by atoms with van der Waals surface area (Å²) in [5, 5.41) is 9.22. The van der Waals surface area contributed by atoms with Crippen molar-refractivity contribution in [3.8, 4) is 11.8 Å². The number of nitrogens with two attached hydrogens (primary N) is 1. The molecule has 0 amide bonds. The Morgan fingerprint density at radius 3 is 2.38 bits per heavy atom. The number of esters is 2. The maximum absolute atomic E-state index is 12.0. The normalized spacial score (nSPS) is 10.1. The van der Waals surface area contributed by atoms with E-state index in [0.717, 1.165) is 0 Å². The van der Waals surface area contributed by atoms with Crippen LogP contribution in [-0.4, -0.2) is 30.7 Å². The van der Waals surface area contributed by atoms with Gasteiger partial charge in [-0.05, 0) is 12.1 Å². The molecule has 1 aromatic carbocycles. The number of hydrogen-bond acceptors (Lipinski definition) is 6. The number of ether oxygens (including phenoxy) is 2. The van der Waals surface area contributed by atoms with E-state index in [4.69, 9.17) is 34.2 Å². The third kappa shape index (κ3) is 2.77. The lowest BCUT2D eigenvalue weighted by molar-refractivity contribution is 0.0588. The second-order valence-electron chi connectivity index (χ2n) is 4.53. The van der Waals surface area contributed by atoms with Gasteiger partial charge < -0.3 is 19.8 Å². The predicted octanol–water partition coefficient (Wildman–Crippen LogP) is 2.81. The molecule has 0 fully saturated rings. The monoisotopic (exact) mass is 367 g/mol. The standard InChI is InChI=1S/C15H11Cl2N3O4/c1-23-14(21)8-3-4-9(16)12(10(8)17)20-6-7(5-18)11(19)13(20)15(22)24-2/h3-4,6H,19H2,1-2H3. The lowest BCUT2D eigenvalue weighted by Crippen LogP contribution is -2.13. The minimum absolute atomic E-state index is 0.0333. The van der Waals surface area contributed by atoms with E-state index in [1.165, 1.54) is 37.1 Å². The van der Waals surface area contributed by atoms with Crippen molar-refractivity contribution < 1.29 is 19.1 Å². The highest BCUT2D eigenvalue weighted by Gasteiger charge is 2.26. The van der Waals surface area contributed by atoms with Crippen LogP contribution < -0.4 is 5.73 Å². The van der Waals surface area contributed by atoms with Gasteiger partial charge in [-0.3, -0.25) is 0 Å². The Balaban J connectivity index is 2.85. The van der Waals surface area contributed by atoms with Gasteiger partial charge in [0.2, 0.25) is 0 Å². The quantitative estimate of drug-likeness (QED) is 0.835. The summed E-state index contributed by atoms with van der Waals surface area (Å²) < 4.78 is 10.6. The molecule has 0 aliphatic heterocycles. The van der Waals surface area contributed by atoms with Crippen LogP contribution in [0.2, 0.25) is 10.0 Å². The molecule has 0 aliphatic carbocycles. The molecular weight excluding hydrogens is 357 g/mol. The molecule has 1 aromatic heterocycles. The molecule has 0 saturated carbocycles. The van der Waals surface area contributed by atoms with Crippen LogP contribution in [0.3, 0.4) is 0 Å². The predicted molar refractivity (Wildman–Crippen MR) is 87.6 cm³/mol. The summed E-state index contributed by atoms with van der Waals surface area (Å²) in [5.41, 5.74) is 5.80. The fourth-order valence-electron chi connectivity index (χ4n) is 2.12. The first-order chi connectivity index (χ1) is 11.4. The van der Waals surface area contributed by atoms with Crippen LogP contribution in [0.25, 0.3) is 5.69 Å². The van der Waals surface area contributed by atoms with Gasteiger partial charge in [0.25, 0.3) is 0 Å². The molecule has 0 atom stereocenters. The number of anilines is 1. The number of nitrogen functional groups attached to an aromatic ring is 1. The van der Waals surface area contributed by atoms with Crippen LogP contribution in [0.4, 0.5) is 5.69 Å². The highest BCUT2D eigenvalue weighted by atomic mass is 35.5. The van der Waals surface area contributed by atoms with Crippen LogP contribution in [0.15, 0.2) is 18.3 Å². The lowest BCUT2D eigenvalue weighted by Gasteiger charge is -2.14. The number of nitriles is 1. The smallest absolute Gasteiger partial charge is 0.357 e. The summed E-state index contributed by atoms with van der Waals surface area (Å²) in [6.07, 6.45) is 1.29. The highest BCUT2D eigenvalue weighted by molar-refractivity contribution is 6.39. The molecule has 2 N–H and O–H groups in total. The molecule has 0 unspecified atom stereocenters. The number of aromatic nitrogens is 1. The number of rotatable bonds is 3. The molecule has 0 bridgehead atoms. The number of nitrogens with zero attached hydrogens (tertiary/aromatic N) is 2. The molecule has 0 saturated heterocycles. The Morgan fingerprint density at radius 1 is 1.21 bits per heavy atom. The minimum atomic E-state index is -0.787. The van der Waals surface area contributed by atoms with Crippen molar-refractivity contribution in [1.29, 1.82) is 5.26 Å². The van der Waals surface area contributed by atoms with Crippen LogP contribution >= 0.6 is 23.2 Å². The zero-order valence-corrected chi connectivity index (χ0v) is 14.1. The summed E-state index contributed by atoms with van der Waals surface area (Å²) >= 11 is 12.4. The highest BCUT2D eigenvalue weighted by Crippen LogP contribution is 2.35. The first kappa shape index (κ1) is 17.7. The summed E-state index contributed by atoms with van der Waals surface area (Å²) in [5.74, 6) is -1.47. The Bertz CT molecular complexity index is 884. The van der Waals surface area contributed by atoms with Crippen molar-refractivity contribution in [1.82, 2.24) is 4.57 Å². The Morgan fingerprint density at radius 2 is 1.83 bits per heavy atom. The summed E-state index contributed by atoms with van der Waals surface area (Å²) in [7, 11) is 2.37. The molecular formula is C15H11Cl2N3O4. The number of methoxy groups -OCH3 is 2. The van der Waals surface area contributed by atoms with Crippen molar-refractivity contribution in [2.45, 2.75) is 0 Å². The molecule has 2 rings (SSSR count). The minimum Gasteiger partial charge on any atom is -0.465 e. The Labute approximate surface area is 147 Å². The van der Waals surface area contributed by atoms with E-state index in [-0.39, 0.29) is 38.2 Å². The largest absolute Gasteiger partial charge is 0.465 e. The molecule has 1 heterocycles. The zero-order chi connectivity index (χ0) is 18.0. The third-order valence-corrected chi connectivity index (χ3v) is 3.94. The number of halogens is 2. The zero-order valence-electron chi connectivity index (χ0n) is 12.6. The van der Waals surface area contributed by atoms with E-state index < -0.39 is 11.9 Å². The van der Waals surface area contributed by atoms with E-state index in [0.29, 0.717) is 0 Å². The van der Waals surface area contributed by atoms with Crippen molar-refractivity contribution in [2.24, 2.45) is 0 Å². The van der Waals surface area contributed by atoms with Crippen LogP contribution in [-0.2, 0) is 9.47 Å². The molecule has 2 aromatic rings. The molecule has 0 aliphatic rings. The van der Waals surface area contributed by atoms with Crippen molar-refractivity contribution in [2.75, 3.05) is 20.0 Å². The Hall–Kier alpha value is -2.69. The van der Waals surface area contributed by atoms with Gasteiger partial charge in [-0.15, -0.1) is 0 Å². The Kier molecular flexibility index (Phi) is 5.02. The molecule has 9 heteroatoms. The third-order valence-electron chi connectivity index (χ3n) is 3.26. The van der Waals surface area contributed by atoms with Crippen LogP contribution in [0, 0.1) is 11.3 Å². The van der Waals surface area contributed by atoms with Crippen molar-refractivity contribution >= 4 is 40.8 Å². The van der Waals surface area contributed by atoms with E-state index in [2.05, 4.69) is 9.47 Å². The first-order valence-electron chi connectivity index (χ1n) is 6.43. The van der Waals surface area contributed by atoms with Crippen LogP contribution in [0.1, 0.15) is 26.4 Å². The lowest BCUT2D eigenvalue weighted by atomic mass is 10.2. The summed E-state index contributed by atoms with van der Waals surface area (Å²) in [4.78, 5) is 23.8. The number of hydrogen-bond donors (Lipinski definition) is 1. The van der Waals surface area contributed by atoms with Crippen LogP contribution in [0.5, 0.6) is 0 Å². The summed E-state index contributed by atoms with van der Waals surface area (Å²) in [6.45, 7) is 0. The first-order valence-corrected chi connectivity index (χ1v) is 7.18. The van der Waals surface area contributed by atoms with E-state index in [1.807, 2.05) is 6.07 Å².